The molecule has 0 saturated heterocycles. The smallest absolute Gasteiger partial charge is 0.145 e. The maximum absolute atomic E-state index is 4.67. The van der Waals surface area contributed by atoms with Gasteiger partial charge in [0.1, 0.15) is 11.3 Å². The highest BCUT2D eigenvalue weighted by molar-refractivity contribution is 6.09. The van der Waals surface area contributed by atoms with Crippen molar-refractivity contribution in [2.45, 2.75) is 0 Å². The van der Waals surface area contributed by atoms with E-state index in [0.29, 0.717) is 0 Å². The quantitative estimate of drug-likeness (QED) is 0.449. The van der Waals surface area contributed by atoms with Crippen molar-refractivity contribution in [2.24, 2.45) is 0 Å². The second kappa shape index (κ2) is 4.92. The van der Waals surface area contributed by atoms with Gasteiger partial charge in [-0.15, -0.1) is 0 Å². The summed E-state index contributed by atoms with van der Waals surface area (Å²) in [5.41, 5.74) is 5.26. The lowest BCUT2D eigenvalue weighted by Gasteiger charge is -2.07. The van der Waals surface area contributed by atoms with E-state index in [9.17, 15) is 0 Å². The Balaban J connectivity index is 1.76. The largest absolute Gasteiger partial charge is 0.339 e. The molecule has 0 aliphatic rings. The summed E-state index contributed by atoms with van der Waals surface area (Å²) in [5, 5.41) is 4.70. The van der Waals surface area contributed by atoms with Crippen molar-refractivity contribution >= 4 is 43.9 Å². The number of H-pyrrole nitrogens is 1. The molecule has 122 valence electrons. The van der Waals surface area contributed by atoms with Crippen LogP contribution < -0.4 is 0 Å². The minimum absolute atomic E-state index is 0.917. The highest BCUT2D eigenvalue weighted by atomic mass is 15.0. The van der Waals surface area contributed by atoms with Crippen molar-refractivity contribution in [3.63, 3.8) is 0 Å². The van der Waals surface area contributed by atoms with Gasteiger partial charge in [-0.1, -0.05) is 18.2 Å². The van der Waals surface area contributed by atoms with Crippen molar-refractivity contribution in [1.82, 2.24) is 19.5 Å². The van der Waals surface area contributed by atoms with Crippen LogP contribution in [0.5, 0.6) is 0 Å². The molecule has 0 atom stereocenters. The fraction of sp³-hybridized carbons (Fsp3) is 0. The van der Waals surface area contributed by atoms with Crippen LogP contribution in [0.15, 0.2) is 79.1 Å². The molecule has 0 spiro atoms. The first-order chi connectivity index (χ1) is 12.9. The van der Waals surface area contributed by atoms with Gasteiger partial charge in [-0.2, -0.15) is 0 Å². The fourth-order valence-electron chi connectivity index (χ4n) is 3.91. The highest BCUT2D eigenvalue weighted by Crippen LogP contribution is 2.32. The number of aromatic nitrogens is 4. The normalized spacial score (nSPS) is 11.8. The SMILES string of the molecule is c1cnc2[nH]c3ccc(-n4c5ccccc5c5cccnc54)cc3c2c1. The summed E-state index contributed by atoms with van der Waals surface area (Å²) in [6, 6.07) is 23.1. The van der Waals surface area contributed by atoms with Gasteiger partial charge >= 0.3 is 0 Å². The molecule has 0 radical (unpaired) electrons. The first-order valence-electron chi connectivity index (χ1n) is 8.61. The van der Waals surface area contributed by atoms with Crippen molar-refractivity contribution in [2.75, 3.05) is 0 Å². The van der Waals surface area contributed by atoms with Crippen LogP contribution >= 0.6 is 0 Å². The molecule has 4 nitrogen and oxygen atoms in total. The zero-order valence-corrected chi connectivity index (χ0v) is 13.8. The zero-order chi connectivity index (χ0) is 17.1. The average Bonchev–Trinajstić information content (AvgIpc) is 3.23. The van der Waals surface area contributed by atoms with E-state index >= 15 is 0 Å². The van der Waals surface area contributed by atoms with E-state index in [0.717, 1.165) is 27.9 Å². The van der Waals surface area contributed by atoms with Crippen LogP contribution in [0.2, 0.25) is 0 Å². The summed E-state index contributed by atoms with van der Waals surface area (Å²) in [5.74, 6) is 0. The molecule has 4 heterocycles. The number of pyridine rings is 2. The molecule has 4 heteroatoms. The van der Waals surface area contributed by atoms with E-state index in [4.69, 9.17) is 0 Å². The number of para-hydroxylation sites is 1. The van der Waals surface area contributed by atoms with Crippen LogP contribution in [0.4, 0.5) is 0 Å². The maximum Gasteiger partial charge on any atom is 0.145 e. The molecule has 0 saturated carbocycles. The molecule has 0 bridgehead atoms. The molecule has 6 aromatic rings. The third kappa shape index (κ3) is 1.73. The number of aromatic amines is 1. The van der Waals surface area contributed by atoms with Crippen LogP contribution in [-0.2, 0) is 0 Å². The van der Waals surface area contributed by atoms with Gasteiger partial charge in [0.2, 0.25) is 0 Å². The maximum atomic E-state index is 4.67. The highest BCUT2D eigenvalue weighted by Gasteiger charge is 2.13. The van der Waals surface area contributed by atoms with E-state index in [2.05, 4.69) is 74.1 Å². The third-order valence-corrected chi connectivity index (χ3v) is 5.05. The van der Waals surface area contributed by atoms with Crippen molar-refractivity contribution < 1.29 is 0 Å². The van der Waals surface area contributed by atoms with Gasteiger partial charge in [0, 0.05) is 45.1 Å². The summed E-state index contributed by atoms with van der Waals surface area (Å²) in [6.45, 7) is 0. The molecular weight excluding hydrogens is 320 g/mol. The molecule has 0 amide bonds. The predicted octanol–water partition coefficient (Wildman–Crippen LogP) is 5.21. The molecular formula is C22H14N4. The Hall–Kier alpha value is -3.66. The molecule has 0 aliphatic carbocycles. The number of fused-ring (bicyclic) bond motifs is 6. The van der Waals surface area contributed by atoms with E-state index in [-0.39, 0.29) is 0 Å². The zero-order valence-electron chi connectivity index (χ0n) is 13.8. The van der Waals surface area contributed by atoms with Gasteiger partial charge < -0.3 is 4.98 Å². The van der Waals surface area contributed by atoms with E-state index in [1.165, 1.54) is 21.7 Å². The Morgan fingerprint density at radius 3 is 2.46 bits per heavy atom. The molecule has 6 rings (SSSR count). The monoisotopic (exact) mass is 334 g/mol. The van der Waals surface area contributed by atoms with E-state index in [1.54, 1.807) is 0 Å². The number of nitrogens with one attached hydrogen (secondary N) is 1. The van der Waals surface area contributed by atoms with Crippen molar-refractivity contribution in [1.29, 1.82) is 0 Å². The second-order valence-corrected chi connectivity index (χ2v) is 6.48. The van der Waals surface area contributed by atoms with Crippen molar-refractivity contribution in [3.8, 4) is 5.69 Å². The molecule has 1 N–H and O–H groups in total. The fourth-order valence-corrected chi connectivity index (χ4v) is 3.91. The molecule has 0 unspecified atom stereocenters. The Bertz CT molecular complexity index is 1390. The van der Waals surface area contributed by atoms with Gasteiger partial charge in [-0.25, -0.2) is 9.97 Å². The van der Waals surface area contributed by atoms with Gasteiger partial charge in [0.05, 0.1) is 5.52 Å². The number of hydrogen-bond acceptors (Lipinski definition) is 2. The van der Waals surface area contributed by atoms with Gasteiger partial charge in [-0.3, -0.25) is 4.57 Å². The van der Waals surface area contributed by atoms with Crippen LogP contribution in [-0.4, -0.2) is 19.5 Å². The topological polar surface area (TPSA) is 46.5 Å². The first-order valence-corrected chi connectivity index (χ1v) is 8.61. The summed E-state index contributed by atoms with van der Waals surface area (Å²) >= 11 is 0. The molecule has 0 aliphatic heterocycles. The predicted molar refractivity (Wildman–Crippen MR) is 106 cm³/mol. The lowest BCUT2D eigenvalue weighted by Crippen LogP contribution is -1.94. The Kier molecular flexibility index (Phi) is 2.58. The average molecular weight is 334 g/mol. The van der Waals surface area contributed by atoms with E-state index in [1.807, 2.05) is 24.5 Å². The number of nitrogens with zero attached hydrogens (tertiary/aromatic N) is 3. The lowest BCUT2D eigenvalue weighted by atomic mass is 10.1. The van der Waals surface area contributed by atoms with Crippen LogP contribution in [0.1, 0.15) is 0 Å². The summed E-state index contributed by atoms with van der Waals surface area (Å²) in [6.07, 6.45) is 3.67. The minimum atomic E-state index is 0.917. The second-order valence-electron chi connectivity index (χ2n) is 6.48. The van der Waals surface area contributed by atoms with Crippen molar-refractivity contribution in [3.05, 3.63) is 79.1 Å². The van der Waals surface area contributed by atoms with Crippen LogP contribution in [0.3, 0.4) is 0 Å². The molecule has 26 heavy (non-hydrogen) atoms. The lowest BCUT2D eigenvalue weighted by molar-refractivity contribution is 1.14. The standard InChI is InChI=1S/C22H14N4/c1-2-8-20-15(5-1)17-7-4-12-24-22(17)26(20)14-9-10-19-18(13-14)16-6-3-11-23-21(16)25-19/h1-13H,(H,23,25). The third-order valence-electron chi connectivity index (χ3n) is 5.05. The van der Waals surface area contributed by atoms with Crippen LogP contribution in [0, 0.1) is 0 Å². The number of benzene rings is 2. The molecule has 2 aromatic carbocycles. The summed E-state index contributed by atoms with van der Waals surface area (Å²) in [7, 11) is 0. The Morgan fingerprint density at radius 1 is 0.692 bits per heavy atom. The molecule has 4 aromatic heterocycles. The summed E-state index contributed by atoms with van der Waals surface area (Å²) < 4.78 is 2.24. The van der Waals surface area contributed by atoms with Gasteiger partial charge in [0.25, 0.3) is 0 Å². The van der Waals surface area contributed by atoms with Crippen LogP contribution in [0.25, 0.3) is 49.6 Å². The minimum Gasteiger partial charge on any atom is -0.339 e. The van der Waals surface area contributed by atoms with Gasteiger partial charge in [0.15, 0.2) is 0 Å². The Morgan fingerprint density at radius 2 is 1.50 bits per heavy atom. The first kappa shape index (κ1) is 13.6. The number of hydrogen-bond donors (Lipinski definition) is 1. The van der Waals surface area contributed by atoms with Gasteiger partial charge in [-0.05, 0) is 48.5 Å². The Labute approximate surface area is 148 Å². The van der Waals surface area contributed by atoms with E-state index < -0.39 is 0 Å². The molecule has 0 fully saturated rings. The summed E-state index contributed by atoms with van der Waals surface area (Å²) in [4.78, 5) is 12.5. The number of rotatable bonds is 1.